The highest BCUT2D eigenvalue weighted by Crippen LogP contribution is 2.20. The molecule has 0 aliphatic rings. The summed E-state index contributed by atoms with van der Waals surface area (Å²) in [5, 5.41) is 6.05. The number of Topliss-reactive ketones (excluding diaryl/α,β-unsaturated/α-hetero) is 1. The van der Waals surface area contributed by atoms with Gasteiger partial charge in [0.1, 0.15) is 5.78 Å². The molecule has 1 amide bonds. The molecule has 0 spiro atoms. The van der Waals surface area contributed by atoms with E-state index in [0.717, 1.165) is 22.5 Å². The molecule has 0 saturated heterocycles. The minimum atomic E-state index is -0.228. The van der Waals surface area contributed by atoms with Gasteiger partial charge in [-0.25, -0.2) is 9.97 Å². The van der Waals surface area contributed by atoms with Crippen molar-refractivity contribution in [3.05, 3.63) is 96.4 Å². The van der Waals surface area contributed by atoms with Crippen LogP contribution >= 0.6 is 0 Å². The number of ketones is 1. The lowest BCUT2D eigenvalue weighted by Gasteiger charge is -2.09. The first-order valence-corrected chi connectivity index (χ1v) is 10.6. The maximum atomic E-state index is 12.6. The number of amides is 1. The van der Waals surface area contributed by atoms with Gasteiger partial charge in [-0.05, 0) is 60.2 Å². The molecule has 2 heterocycles. The highest BCUT2D eigenvalue weighted by molar-refractivity contribution is 6.04. The number of benzene rings is 2. The number of hydrogen-bond donors (Lipinski definition) is 2. The van der Waals surface area contributed by atoms with E-state index >= 15 is 0 Å². The van der Waals surface area contributed by atoms with E-state index in [1.807, 2.05) is 43.3 Å². The van der Waals surface area contributed by atoms with Crippen LogP contribution in [0.2, 0.25) is 0 Å². The van der Waals surface area contributed by atoms with Crippen LogP contribution in [-0.2, 0) is 11.2 Å². The van der Waals surface area contributed by atoms with E-state index in [0.29, 0.717) is 30.0 Å². The fraction of sp³-hybridized carbons (Fsp3) is 0.115. The lowest BCUT2D eigenvalue weighted by atomic mass is 10.0. The second kappa shape index (κ2) is 10.3. The minimum absolute atomic E-state index is 0.144. The Labute approximate surface area is 192 Å². The van der Waals surface area contributed by atoms with Crippen LogP contribution < -0.4 is 10.6 Å². The van der Waals surface area contributed by atoms with E-state index in [1.54, 1.807) is 48.9 Å². The Bertz CT molecular complexity index is 1260. The SMILES string of the molecule is CCC(=O)Cc1cccc(C(=O)Nc2ccc(Nc3nccc(-c4cccnc4)n3)cc2)c1. The normalized spacial score (nSPS) is 10.5. The van der Waals surface area contributed by atoms with E-state index in [1.165, 1.54) is 0 Å². The van der Waals surface area contributed by atoms with Crippen LogP contribution in [0.25, 0.3) is 11.3 Å². The molecule has 2 N–H and O–H groups in total. The second-order valence-corrected chi connectivity index (χ2v) is 7.43. The van der Waals surface area contributed by atoms with Crippen molar-refractivity contribution >= 4 is 29.0 Å². The monoisotopic (exact) mass is 437 g/mol. The summed E-state index contributed by atoms with van der Waals surface area (Å²) in [6.07, 6.45) is 5.97. The van der Waals surface area contributed by atoms with Crippen molar-refractivity contribution in [2.75, 3.05) is 10.6 Å². The van der Waals surface area contributed by atoms with Gasteiger partial charge in [0.05, 0.1) is 5.69 Å². The van der Waals surface area contributed by atoms with Crippen molar-refractivity contribution < 1.29 is 9.59 Å². The van der Waals surface area contributed by atoms with Crippen molar-refractivity contribution in [3.8, 4) is 11.3 Å². The average Bonchev–Trinajstić information content (AvgIpc) is 2.86. The predicted octanol–water partition coefficient (Wildman–Crippen LogP) is 5.06. The quantitative estimate of drug-likeness (QED) is 0.400. The Balaban J connectivity index is 1.40. The van der Waals surface area contributed by atoms with E-state index in [2.05, 4.69) is 25.6 Å². The van der Waals surface area contributed by atoms with Gasteiger partial charge in [-0.15, -0.1) is 0 Å². The summed E-state index contributed by atoms with van der Waals surface area (Å²) >= 11 is 0. The molecule has 33 heavy (non-hydrogen) atoms. The highest BCUT2D eigenvalue weighted by Gasteiger charge is 2.09. The Morgan fingerprint density at radius 3 is 2.48 bits per heavy atom. The minimum Gasteiger partial charge on any atom is -0.324 e. The molecule has 7 nitrogen and oxygen atoms in total. The van der Waals surface area contributed by atoms with Crippen molar-refractivity contribution in [1.29, 1.82) is 0 Å². The van der Waals surface area contributed by atoms with Crippen LogP contribution in [0.1, 0.15) is 29.3 Å². The zero-order valence-electron chi connectivity index (χ0n) is 18.2. The standard InChI is InChI=1S/C26H23N5O2/c1-2-23(32)16-18-5-3-6-19(15-18)25(33)29-21-8-10-22(11-9-21)30-26-28-14-12-24(31-26)20-7-4-13-27-17-20/h3-15,17H,2,16H2,1H3,(H,29,33)(H,28,30,31). The third-order valence-corrected chi connectivity index (χ3v) is 5.00. The maximum Gasteiger partial charge on any atom is 0.255 e. The summed E-state index contributed by atoms with van der Waals surface area (Å²) in [6, 6.07) is 20.0. The third-order valence-electron chi connectivity index (χ3n) is 5.00. The van der Waals surface area contributed by atoms with Crippen molar-refractivity contribution in [3.63, 3.8) is 0 Å². The lowest BCUT2D eigenvalue weighted by Crippen LogP contribution is -2.12. The number of anilines is 3. The number of nitrogens with zero attached hydrogens (tertiary/aromatic N) is 3. The summed E-state index contributed by atoms with van der Waals surface area (Å²) in [6.45, 7) is 1.83. The molecule has 0 aliphatic heterocycles. The van der Waals surface area contributed by atoms with Crippen LogP contribution in [-0.4, -0.2) is 26.6 Å². The number of rotatable bonds is 8. The van der Waals surface area contributed by atoms with Gasteiger partial charge in [-0.2, -0.15) is 0 Å². The Morgan fingerprint density at radius 2 is 1.73 bits per heavy atom. The van der Waals surface area contributed by atoms with E-state index < -0.39 is 0 Å². The third kappa shape index (κ3) is 5.86. The molecule has 4 aromatic rings. The molecular weight excluding hydrogens is 414 g/mol. The van der Waals surface area contributed by atoms with Gasteiger partial charge in [-0.1, -0.05) is 19.1 Å². The van der Waals surface area contributed by atoms with Crippen LogP contribution in [0.5, 0.6) is 0 Å². The first-order chi connectivity index (χ1) is 16.1. The fourth-order valence-electron chi connectivity index (χ4n) is 3.24. The molecule has 2 aromatic carbocycles. The first kappa shape index (κ1) is 21.8. The zero-order chi connectivity index (χ0) is 23.0. The van der Waals surface area contributed by atoms with Gasteiger partial charge in [0.2, 0.25) is 5.95 Å². The molecule has 0 unspecified atom stereocenters. The zero-order valence-corrected chi connectivity index (χ0v) is 18.2. The number of carbonyl (C=O) groups is 2. The van der Waals surface area contributed by atoms with Crippen LogP contribution in [0.3, 0.4) is 0 Å². The molecule has 0 fully saturated rings. The number of carbonyl (C=O) groups excluding carboxylic acids is 2. The van der Waals surface area contributed by atoms with E-state index in [4.69, 9.17) is 0 Å². The molecule has 0 saturated carbocycles. The summed E-state index contributed by atoms with van der Waals surface area (Å²) in [5.74, 6) is 0.381. The van der Waals surface area contributed by atoms with E-state index in [9.17, 15) is 9.59 Å². The Morgan fingerprint density at radius 1 is 0.909 bits per heavy atom. The van der Waals surface area contributed by atoms with Crippen molar-refractivity contribution in [1.82, 2.24) is 15.0 Å². The molecule has 4 rings (SSSR count). The predicted molar refractivity (Wildman–Crippen MR) is 128 cm³/mol. The van der Waals surface area contributed by atoms with Crippen molar-refractivity contribution in [2.24, 2.45) is 0 Å². The summed E-state index contributed by atoms with van der Waals surface area (Å²) < 4.78 is 0. The van der Waals surface area contributed by atoms with Crippen LogP contribution in [0.4, 0.5) is 17.3 Å². The Hall–Kier alpha value is -4.39. The first-order valence-electron chi connectivity index (χ1n) is 10.6. The summed E-state index contributed by atoms with van der Waals surface area (Å²) in [4.78, 5) is 37.2. The number of pyridine rings is 1. The summed E-state index contributed by atoms with van der Waals surface area (Å²) in [5.41, 5.74) is 4.47. The summed E-state index contributed by atoms with van der Waals surface area (Å²) in [7, 11) is 0. The Kier molecular flexibility index (Phi) is 6.80. The smallest absolute Gasteiger partial charge is 0.255 e. The van der Waals surface area contributed by atoms with Gasteiger partial charge >= 0.3 is 0 Å². The topological polar surface area (TPSA) is 96.9 Å². The fourth-order valence-corrected chi connectivity index (χ4v) is 3.24. The van der Waals surface area contributed by atoms with Gasteiger partial charge in [0.25, 0.3) is 5.91 Å². The molecule has 0 bridgehead atoms. The highest BCUT2D eigenvalue weighted by atomic mass is 16.1. The molecule has 7 heteroatoms. The van der Waals surface area contributed by atoms with Gasteiger partial charge in [0, 0.05) is 53.9 Å². The second-order valence-electron chi connectivity index (χ2n) is 7.43. The lowest BCUT2D eigenvalue weighted by molar-refractivity contribution is -0.118. The molecular formula is C26H23N5O2. The maximum absolute atomic E-state index is 12.6. The molecule has 0 atom stereocenters. The number of nitrogens with one attached hydrogen (secondary N) is 2. The molecule has 0 aliphatic carbocycles. The number of hydrogen-bond acceptors (Lipinski definition) is 6. The average molecular weight is 438 g/mol. The van der Waals surface area contributed by atoms with Gasteiger partial charge < -0.3 is 10.6 Å². The molecule has 0 radical (unpaired) electrons. The van der Waals surface area contributed by atoms with Crippen molar-refractivity contribution in [2.45, 2.75) is 19.8 Å². The van der Waals surface area contributed by atoms with E-state index in [-0.39, 0.29) is 11.7 Å². The van der Waals surface area contributed by atoms with Crippen LogP contribution in [0.15, 0.2) is 85.3 Å². The number of aromatic nitrogens is 3. The molecule has 164 valence electrons. The van der Waals surface area contributed by atoms with Crippen LogP contribution in [0, 0.1) is 0 Å². The van der Waals surface area contributed by atoms with Gasteiger partial charge in [0.15, 0.2) is 0 Å². The molecule has 2 aromatic heterocycles. The van der Waals surface area contributed by atoms with Gasteiger partial charge in [-0.3, -0.25) is 14.6 Å². The largest absolute Gasteiger partial charge is 0.324 e.